The second kappa shape index (κ2) is 11.1. The Morgan fingerprint density at radius 1 is 0.895 bits per heavy atom. The smallest absolute Gasteiger partial charge is 0.489 e. The Hall–Kier alpha value is -3.47. The fraction of sp³-hybridized carbons (Fsp3) is 0.333. The number of hydrogen-bond acceptors (Lipinski definition) is 4. The molecular formula is C27H24F7NO3. The van der Waals surface area contributed by atoms with Crippen LogP contribution in [0.5, 0.6) is 11.5 Å². The van der Waals surface area contributed by atoms with Gasteiger partial charge >= 0.3 is 12.5 Å². The number of aliphatic hydroxyl groups excluding tert-OH is 1. The van der Waals surface area contributed by atoms with Crippen LogP contribution in [-0.4, -0.2) is 24.1 Å². The average Bonchev–Trinajstić information content (AvgIpc) is 3.68. The van der Waals surface area contributed by atoms with Gasteiger partial charge in [-0.15, -0.1) is 13.2 Å². The molecule has 0 bridgehead atoms. The minimum absolute atomic E-state index is 0.0562. The second-order valence-corrected chi connectivity index (χ2v) is 9.07. The molecule has 0 saturated heterocycles. The first-order valence-electron chi connectivity index (χ1n) is 11.7. The topological polar surface area (TPSA) is 41.9 Å². The van der Waals surface area contributed by atoms with Crippen LogP contribution in [0.2, 0.25) is 0 Å². The Morgan fingerprint density at radius 3 is 2.29 bits per heavy atom. The van der Waals surface area contributed by atoms with Crippen LogP contribution in [0.1, 0.15) is 29.5 Å². The molecule has 3 aromatic rings. The van der Waals surface area contributed by atoms with Crippen LogP contribution in [0.25, 0.3) is 0 Å². The van der Waals surface area contributed by atoms with E-state index in [2.05, 4.69) is 4.74 Å². The van der Waals surface area contributed by atoms with Gasteiger partial charge in [0.1, 0.15) is 23.9 Å². The van der Waals surface area contributed by atoms with Crippen molar-refractivity contribution in [3.63, 3.8) is 0 Å². The minimum atomic E-state index is -4.83. The summed E-state index contributed by atoms with van der Waals surface area (Å²) in [4.78, 5) is 1.58. The summed E-state index contributed by atoms with van der Waals surface area (Å²) in [6.07, 6.45) is -8.58. The van der Waals surface area contributed by atoms with Crippen molar-refractivity contribution in [3.05, 3.63) is 89.2 Å². The second-order valence-electron chi connectivity index (χ2n) is 9.07. The van der Waals surface area contributed by atoms with E-state index >= 15 is 0 Å². The van der Waals surface area contributed by atoms with Crippen LogP contribution in [0.4, 0.5) is 36.4 Å². The van der Waals surface area contributed by atoms with Crippen LogP contribution in [0, 0.1) is 11.7 Å². The molecule has 11 heteroatoms. The summed E-state index contributed by atoms with van der Waals surface area (Å²) in [6.45, 7) is -0.272. The van der Waals surface area contributed by atoms with Gasteiger partial charge in [0.25, 0.3) is 0 Å². The number of benzene rings is 3. The third-order valence-electron chi connectivity index (χ3n) is 6.03. The molecule has 38 heavy (non-hydrogen) atoms. The van der Waals surface area contributed by atoms with Crippen molar-refractivity contribution in [1.82, 2.24) is 0 Å². The van der Waals surface area contributed by atoms with E-state index in [0.717, 1.165) is 31.0 Å². The van der Waals surface area contributed by atoms with Gasteiger partial charge in [-0.1, -0.05) is 18.2 Å². The van der Waals surface area contributed by atoms with Gasteiger partial charge in [0.2, 0.25) is 0 Å². The van der Waals surface area contributed by atoms with E-state index in [1.165, 1.54) is 12.1 Å². The zero-order valence-electron chi connectivity index (χ0n) is 19.9. The van der Waals surface area contributed by atoms with E-state index in [1.807, 2.05) is 0 Å². The number of anilines is 1. The lowest BCUT2D eigenvalue weighted by atomic mass is 10.1. The first-order chi connectivity index (χ1) is 17.9. The van der Waals surface area contributed by atoms with Crippen molar-refractivity contribution in [2.75, 3.05) is 11.4 Å². The maximum atomic E-state index is 14.5. The quantitative estimate of drug-likeness (QED) is 0.277. The molecule has 0 aromatic heterocycles. The minimum Gasteiger partial charge on any atom is -0.489 e. The Bertz CT molecular complexity index is 1240. The molecule has 4 nitrogen and oxygen atoms in total. The predicted molar refractivity (Wildman–Crippen MR) is 125 cm³/mol. The van der Waals surface area contributed by atoms with Crippen molar-refractivity contribution >= 4 is 5.69 Å². The normalized spacial score (nSPS) is 14.7. The number of halogens is 7. The van der Waals surface area contributed by atoms with Crippen LogP contribution in [0.15, 0.2) is 66.7 Å². The number of aliphatic hydroxyl groups is 1. The number of nitrogens with zero attached hydrogens (tertiary/aromatic N) is 1. The maximum absolute atomic E-state index is 14.5. The predicted octanol–water partition coefficient (Wildman–Crippen LogP) is 7.10. The van der Waals surface area contributed by atoms with E-state index in [4.69, 9.17) is 4.74 Å². The lowest BCUT2D eigenvalue weighted by Crippen LogP contribution is -2.33. The molecule has 3 aromatic carbocycles. The zero-order chi connectivity index (χ0) is 27.5. The Kier molecular flexibility index (Phi) is 8.05. The molecule has 1 unspecified atom stereocenters. The first-order valence-corrected chi connectivity index (χ1v) is 11.7. The van der Waals surface area contributed by atoms with Crippen LogP contribution < -0.4 is 14.4 Å². The SMILES string of the molecule is OC(CN(Cc1cc(C(F)(F)F)ccc1F)c1cccc(OCc2cccc(OC(F)(F)F)c2)c1)C1CC1. The van der Waals surface area contributed by atoms with Crippen molar-refractivity contribution in [3.8, 4) is 11.5 Å². The number of alkyl halides is 6. The van der Waals surface area contributed by atoms with Gasteiger partial charge in [-0.05, 0) is 66.8 Å². The fourth-order valence-corrected chi connectivity index (χ4v) is 3.96. The molecule has 1 N–H and O–H groups in total. The van der Waals surface area contributed by atoms with Crippen LogP contribution in [-0.2, 0) is 19.3 Å². The highest BCUT2D eigenvalue weighted by Gasteiger charge is 2.33. The van der Waals surface area contributed by atoms with Gasteiger partial charge < -0.3 is 19.5 Å². The third-order valence-corrected chi connectivity index (χ3v) is 6.03. The zero-order valence-corrected chi connectivity index (χ0v) is 19.9. The van der Waals surface area contributed by atoms with E-state index in [0.29, 0.717) is 23.1 Å². The lowest BCUT2D eigenvalue weighted by molar-refractivity contribution is -0.274. The van der Waals surface area contributed by atoms with Crippen molar-refractivity contribution < 1.29 is 45.3 Å². The van der Waals surface area contributed by atoms with E-state index in [9.17, 15) is 35.8 Å². The summed E-state index contributed by atoms with van der Waals surface area (Å²) in [5, 5.41) is 10.5. The molecule has 1 saturated carbocycles. The van der Waals surface area contributed by atoms with Crippen molar-refractivity contribution in [1.29, 1.82) is 0 Å². The van der Waals surface area contributed by atoms with E-state index in [1.54, 1.807) is 35.2 Å². The van der Waals surface area contributed by atoms with Gasteiger partial charge in [-0.25, -0.2) is 4.39 Å². The molecule has 1 atom stereocenters. The summed E-state index contributed by atoms with van der Waals surface area (Å²) in [5.41, 5.74) is -0.293. The number of hydrogen-bond donors (Lipinski definition) is 1. The van der Waals surface area contributed by atoms with Gasteiger partial charge in [-0.3, -0.25) is 0 Å². The molecule has 0 radical (unpaired) electrons. The van der Waals surface area contributed by atoms with E-state index in [-0.39, 0.29) is 31.2 Å². The molecule has 0 amide bonds. The van der Waals surface area contributed by atoms with E-state index < -0.39 is 35.8 Å². The molecule has 0 heterocycles. The summed E-state index contributed by atoms with van der Waals surface area (Å²) in [5.74, 6) is -0.817. The fourth-order valence-electron chi connectivity index (χ4n) is 3.96. The summed E-state index contributed by atoms with van der Waals surface area (Å²) in [6, 6.07) is 13.9. The summed E-state index contributed by atoms with van der Waals surface area (Å²) >= 11 is 0. The Labute approximate surface area is 214 Å². The largest absolute Gasteiger partial charge is 0.573 e. The lowest BCUT2D eigenvalue weighted by Gasteiger charge is -2.28. The third kappa shape index (κ3) is 7.77. The highest BCUT2D eigenvalue weighted by atomic mass is 19.4. The molecule has 204 valence electrons. The molecule has 1 fully saturated rings. The first kappa shape index (κ1) is 27.6. The maximum Gasteiger partial charge on any atom is 0.573 e. The van der Waals surface area contributed by atoms with Gasteiger partial charge in [0.05, 0.1) is 11.7 Å². The van der Waals surface area contributed by atoms with Gasteiger partial charge in [-0.2, -0.15) is 13.2 Å². The molecule has 0 spiro atoms. The highest BCUT2D eigenvalue weighted by molar-refractivity contribution is 5.52. The molecule has 4 rings (SSSR count). The number of rotatable bonds is 10. The highest BCUT2D eigenvalue weighted by Crippen LogP contribution is 2.35. The molecule has 0 aliphatic heterocycles. The Morgan fingerprint density at radius 2 is 1.61 bits per heavy atom. The Balaban J connectivity index is 1.53. The van der Waals surface area contributed by atoms with Gasteiger partial charge in [0.15, 0.2) is 0 Å². The number of ether oxygens (including phenoxy) is 2. The van der Waals surface area contributed by atoms with Crippen LogP contribution in [0.3, 0.4) is 0 Å². The molecule has 1 aliphatic rings. The summed E-state index contributed by atoms with van der Waals surface area (Å²) in [7, 11) is 0. The standard InChI is InChI=1S/C27H24F7NO3/c28-24-10-9-20(26(29,30)31)12-19(24)14-35(15-25(36)18-7-8-18)21-4-2-5-22(13-21)37-16-17-3-1-6-23(11-17)38-27(32,33)34/h1-6,9-13,18,25,36H,7-8,14-16H2. The van der Waals surface area contributed by atoms with Gasteiger partial charge in [0, 0.05) is 30.4 Å². The van der Waals surface area contributed by atoms with Crippen molar-refractivity contribution in [2.24, 2.45) is 5.92 Å². The average molecular weight is 543 g/mol. The monoisotopic (exact) mass is 543 g/mol. The van der Waals surface area contributed by atoms with Crippen molar-refractivity contribution in [2.45, 2.75) is 44.6 Å². The molecular weight excluding hydrogens is 519 g/mol. The summed E-state index contributed by atoms with van der Waals surface area (Å²) < 4.78 is 101. The van der Waals surface area contributed by atoms with Crippen LogP contribution >= 0.6 is 0 Å². The molecule has 1 aliphatic carbocycles.